The average Bonchev–Trinajstić information content (AvgIpc) is 3.76. The molecule has 4 heterocycles. The first kappa shape index (κ1) is 30.8. The number of hydrogen-bond acceptors (Lipinski definition) is 10. The summed E-state index contributed by atoms with van der Waals surface area (Å²) in [4.78, 5) is 34.9. The van der Waals surface area contributed by atoms with Crippen molar-refractivity contribution in [2.24, 2.45) is 5.92 Å². The first-order valence-electron chi connectivity index (χ1n) is 14.5. The zero-order chi connectivity index (χ0) is 31.2. The molecular formula is C30H36N10O3S. The Morgan fingerprint density at radius 3 is 2.82 bits per heavy atom. The SMILES string of the molecule is CCC(C)CN(CC)Cc1cc(Nc2nc(C)cn3c(-c4cnn(CC(=O)NCc5cccc([N+](=O)[O-])c5)c4)cnc23)sn1. The van der Waals surface area contributed by atoms with E-state index in [4.69, 9.17) is 4.98 Å². The molecule has 1 aromatic carbocycles. The van der Waals surface area contributed by atoms with E-state index in [2.05, 4.69) is 56.8 Å². The summed E-state index contributed by atoms with van der Waals surface area (Å²) in [6.45, 7) is 11.6. The van der Waals surface area contributed by atoms with Gasteiger partial charge in [-0.1, -0.05) is 39.3 Å². The number of hydrogen-bond donors (Lipinski definition) is 2. The Morgan fingerprint density at radius 1 is 1.20 bits per heavy atom. The van der Waals surface area contributed by atoms with Gasteiger partial charge in [-0.25, -0.2) is 9.97 Å². The highest BCUT2D eigenvalue weighted by Crippen LogP contribution is 2.28. The summed E-state index contributed by atoms with van der Waals surface area (Å²) in [5.74, 6) is 1.01. The molecule has 0 saturated heterocycles. The van der Waals surface area contributed by atoms with Crippen LogP contribution in [0.15, 0.2) is 55.1 Å². The number of amides is 1. The van der Waals surface area contributed by atoms with Gasteiger partial charge in [0.2, 0.25) is 5.91 Å². The first-order valence-corrected chi connectivity index (χ1v) is 15.3. The lowest BCUT2D eigenvalue weighted by Crippen LogP contribution is -2.27. The number of anilines is 2. The molecule has 0 fully saturated rings. The van der Waals surface area contributed by atoms with E-state index in [1.807, 2.05) is 17.5 Å². The Hall–Kier alpha value is -4.69. The molecule has 0 aliphatic rings. The van der Waals surface area contributed by atoms with Gasteiger partial charge >= 0.3 is 0 Å². The predicted molar refractivity (Wildman–Crippen MR) is 170 cm³/mol. The van der Waals surface area contributed by atoms with Crippen LogP contribution in [0.5, 0.6) is 0 Å². The Bertz CT molecular complexity index is 1760. The Labute approximate surface area is 259 Å². The molecule has 230 valence electrons. The molecule has 5 rings (SSSR count). The lowest BCUT2D eigenvalue weighted by Gasteiger charge is -2.22. The molecule has 13 nitrogen and oxygen atoms in total. The number of rotatable bonds is 14. The van der Waals surface area contributed by atoms with Gasteiger partial charge in [-0.2, -0.15) is 9.47 Å². The van der Waals surface area contributed by atoms with Crippen molar-refractivity contribution in [1.29, 1.82) is 0 Å². The highest BCUT2D eigenvalue weighted by atomic mass is 32.1. The maximum atomic E-state index is 12.6. The van der Waals surface area contributed by atoms with Gasteiger partial charge in [-0.15, -0.1) is 0 Å². The van der Waals surface area contributed by atoms with Crippen molar-refractivity contribution in [2.75, 3.05) is 18.4 Å². The van der Waals surface area contributed by atoms with Gasteiger partial charge in [-0.05, 0) is 42.5 Å². The number of carbonyl (C=O) groups is 1. The van der Waals surface area contributed by atoms with Crippen LogP contribution in [0.2, 0.25) is 0 Å². The van der Waals surface area contributed by atoms with Gasteiger partial charge in [0.15, 0.2) is 11.5 Å². The summed E-state index contributed by atoms with van der Waals surface area (Å²) in [6, 6.07) is 8.26. The van der Waals surface area contributed by atoms with Crippen LogP contribution in [-0.2, 0) is 24.4 Å². The topological polar surface area (TPSA) is 148 Å². The molecule has 0 spiro atoms. The number of aromatic nitrogens is 6. The van der Waals surface area contributed by atoms with E-state index < -0.39 is 4.92 Å². The minimum absolute atomic E-state index is 0.000417. The zero-order valence-corrected chi connectivity index (χ0v) is 26.0. The van der Waals surface area contributed by atoms with E-state index >= 15 is 0 Å². The summed E-state index contributed by atoms with van der Waals surface area (Å²) in [6.07, 6.45) is 8.31. The van der Waals surface area contributed by atoms with Gasteiger partial charge in [0.05, 0.1) is 34.4 Å². The van der Waals surface area contributed by atoms with Crippen LogP contribution in [0, 0.1) is 23.0 Å². The van der Waals surface area contributed by atoms with Crippen LogP contribution >= 0.6 is 11.5 Å². The lowest BCUT2D eigenvalue weighted by molar-refractivity contribution is -0.384. The number of nitro groups is 1. The normalized spacial score (nSPS) is 12.1. The molecule has 5 aromatic rings. The minimum atomic E-state index is -0.459. The van der Waals surface area contributed by atoms with Crippen molar-refractivity contribution in [3.8, 4) is 11.3 Å². The number of aryl methyl sites for hydroxylation is 1. The van der Waals surface area contributed by atoms with Crippen LogP contribution in [0.3, 0.4) is 0 Å². The molecule has 0 bridgehead atoms. The maximum absolute atomic E-state index is 12.6. The molecule has 0 aliphatic heterocycles. The molecule has 1 amide bonds. The summed E-state index contributed by atoms with van der Waals surface area (Å²) < 4.78 is 8.17. The standard InChI is InChI=1S/C30H36N10O3S/c1-5-20(3)15-37(6-2)18-24-11-28(44-36-24)35-29-30-32-14-26(39(30)16-21(4)34-29)23-13-33-38(17-23)19-27(41)31-12-22-8-7-9-25(10-22)40(42)43/h7-11,13-14,16-17,20H,5-6,12,15,18-19H2,1-4H3,(H,31,41)(H,34,35). The molecule has 4 aromatic heterocycles. The number of nitro benzene ring substituents is 1. The van der Waals surface area contributed by atoms with E-state index in [9.17, 15) is 14.9 Å². The first-order chi connectivity index (χ1) is 21.2. The summed E-state index contributed by atoms with van der Waals surface area (Å²) >= 11 is 1.41. The van der Waals surface area contributed by atoms with Gasteiger partial charge in [-0.3, -0.25) is 28.9 Å². The second kappa shape index (κ2) is 13.7. The van der Waals surface area contributed by atoms with Crippen LogP contribution in [0.25, 0.3) is 16.9 Å². The number of imidazole rings is 1. The number of benzene rings is 1. The van der Waals surface area contributed by atoms with Crippen LogP contribution < -0.4 is 10.6 Å². The Morgan fingerprint density at radius 2 is 2.05 bits per heavy atom. The smallest absolute Gasteiger partial charge is 0.269 e. The zero-order valence-electron chi connectivity index (χ0n) is 25.2. The quantitative estimate of drug-likeness (QED) is 0.127. The van der Waals surface area contributed by atoms with Crippen LogP contribution in [0.4, 0.5) is 16.5 Å². The molecule has 14 heteroatoms. The average molecular weight is 617 g/mol. The summed E-state index contributed by atoms with van der Waals surface area (Å²) in [7, 11) is 0. The molecule has 0 radical (unpaired) electrons. The molecule has 2 N–H and O–H groups in total. The number of nitrogens with zero attached hydrogens (tertiary/aromatic N) is 8. The maximum Gasteiger partial charge on any atom is 0.269 e. The number of carbonyl (C=O) groups excluding carboxylic acids is 1. The highest BCUT2D eigenvalue weighted by molar-refractivity contribution is 7.10. The van der Waals surface area contributed by atoms with Crippen molar-refractivity contribution in [2.45, 2.75) is 53.8 Å². The number of fused-ring (bicyclic) bond motifs is 1. The van der Waals surface area contributed by atoms with E-state index in [1.165, 1.54) is 23.7 Å². The summed E-state index contributed by atoms with van der Waals surface area (Å²) in [5.41, 5.74) is 4.73. The van der Waals surface area contributed by atoms with Gasteiger partial charge in [0.25, 0.3) is 5.69 Å². The van der Waals surface area contributed by atoms with E-state index in [0.29, 0.717) is 22.9 Å². The van der Waals surface area contributed by atoms with Crippen molar-refractivity contribution in [1.82, 2.24) is 38.7 Å². The molecule has 1 unspecified atom stereocenters. The fraction of sp³-hybridized carbons (Fsp3) is 0.367. The molecular weight excluding hydrogens is 580 g/mol. The Kier molecular flexibility index (Phi) is 9.60. The van der Waals surface area contributed by atoms with Crippen molar-refractivity contribution in [3.63, 3.8) is 0 Å². The van der Waals surface area contributed by atoms with E-state index in [0.717, 1.165) is 53.7 Å². The molecule has 1 atom stereocenters. The highest BCUT2D eigenvalue weighted by Gasteiger charge is 2.16. The van der Waals surface area contributed by atoms with Gasteiger partial charge in [0.1, 0.15) is 11.5 Å². The van der Waals surface area contributed by atoms with Gasteiger partial charge < -0.3 is 10.6 Å². The second-order valence-corrected chi connectivity index (χ2v) is 11.7. The van der Waals surface area contributed by atoms with Crippen molar-refractivity contribution >= 4 is 39.6 Å². The molecule has 0 saturated carbocycles. The van der Waals surface area contributed by atoms with Crippen molar-refractivity contribution < 1.29 is 9.72 Å². The van der Waals surface area contributed by atoms with Crippen LogP contribution in [0.1, 0.15) is 44.1 Å². The molecule has 44 heavy (non-hydrogen) atoms. The fourth-order valence-electron chi connectivity index (χ4n) is 4.84. The lowest BCUT2D eigenvalue weighted by atomic mass is 10.1. The van der Waals surface area contributed by atoms with Crippen LogP contribution in [-0.4, -0.2) is 57.3 Å². The Balaban J connectivity index is 1.26. The van der Waals surface area contributed by atoms with E-state index in [-0.39, 0.29) is 24.7 Å². The number of nitrogens with one attached hydrogen (secondary N) is 2. The predicted octanol–water partition coefficient (Wildman–Crippen LogP) is 5.19. The largest absolute Gasteiger partial charge is 0.350 e. The fourth-order valence-corrected chi connectivity index (χ4v) is 5.50. The van der Waals surface area contributed by atoms with Crippen molar-refractivity contribution in [3.05, 3.63) is 82.2 Å². The third-order valence-electron chi connectivity index (χ3n) is 7.36. The third-order valence-corrected chi connectivity index (χ3v) is 8.10. The minimum Gasteiger partial charge on any atom is -0.350 e. The number of non-ortho nitro benzene ring substituents is 1. The second-order valence-electron chi connectivity index (χ2n) is 10.8. The monoisotopic (exact) mass is 616 g/mol. The molecule has 0 aliphatic carbocycles. The third kappa shape index (κ3) is 7.44. The summed E-state index contributed by atoms with van der Waals surface area (Å²) in [5, 5.41) is 22.5. The van der Waals surface area contributed by atoms with E-state index in [1.54, 1.807) is 35.4 Å². The van der Waals surface area contributed by atoms with Gasteiger partial charge in [0, 0.05) is 49.7 Å².